The Labute approximate surface area is 111 Å². The van der Waals surface area contributed by atoms with E-state index in [0.29, 0.717) is 0 Å². The van der Waals surface area contributed by atoms with Crippen molar-refractivity contribution >= 4 is 22.9 Å². The van der Waals surface area contributed by atoms with E-state index in [4.69, 9.17) is 11.6 Å². The molecule has 2 nitrogen and oxygen atoms in total. The molecule has 0 saturated carbocycles. The number of nitrogens with zero attached hydrogens (tertiary/aromatic N) is 1. The van der Waals surface area contributed by atoms with Crippen LogP contribution < -0.4 is 5.32 Å². The van der Waals surface area contributed by atoms with Crippen molar-refractivity contribution in [3.8, 4) is 11.3 Å². The molecule has 0 spiro atoms. The Hall–Kier alpha value is -0.900. The monoisotopic (exact) mass is 266 g/mol. The quantitative estimate of drug-likeness (QED) is 0.829. The van der Waals surface area contributed by atoms with Gasteiger partial charge in [-0.3, -0.25) is 0 Å². The van der Waals surface area contributed by atoms with Crippen molar-refractivity contribution in [1.82, 2.24) is 10.3 Å². The Morgan fingerprint density at radius 1 is 1.35 bits per heavy atom. The molecule has 90 valence electrons. The highest BCUT2D eigenvalue weighted by molar-refractivity contribution is 7.09. The SMILES string of the molecule is CCCNCc1nc(-c2ccccc2Cl)cs1. The fourth-order valence-corrected chi connectivity index (χ4v) is 2.55. The van der Waals surface area contributed by atoms with E-state index in [0.717, 1.165) is 40.8 Å². The minimum atomic E-state index is 0.755. The van der Waals surface area contributed by atoms with Crippen LogP contribution in [0.2, 0.25) is 5.02 Å². The largest absolute Gasteiger partial charge is 0.310 e. The second kappa shape index (κ2) is 6.15. The zero-order chi connectivity index (χ0) is 12.1. The van der Waals surface area contributed by atoms with Crippen LogP contribution in [0.5, 0.6) is 0 Å². The van der Waals surface area contributed by atoms with Crippen LogP contribution in [0.1, 0.15) is 18.4 Å². The van der Waals surface area contributed by atoms with Gasteiger partial charge >= 0.3 is 0 Å². The van der Waals surface area contributed by atoms with E-state index in [2.05, 4.69) is 22.6 Å². The van der Waals surface area contributed by atoms with Gasteiger partial charge in [0.05, 0.1) is 5.69 Å². The Kier molecular flexibility index (Phi) is 4.54. The Morgan fingerprint density at radius 3 is 2.94 bits per heavy atom. The average Bonchev–Trinajstić information content (AvgIpc) is 2.79. The summed E-state index contributed by atoms with van der Waals surface area (Å²) in [5.74, 6) is 0. The number of hydrogen-bond acceptors (Lipinski definition) is 3. The number of halogens is 1. The second-order valence-electron chi connectivity index (χ2n) is 3.78. The summed E-state index contributed by atoms with van der Waals surface area (Å²) in [6, 6.07) is 7.81. The highest BCUT2D eigenvalue weighted by atomic mass is 35.5. The first kappa shape index (κ1) is 12.6. The van der Waals surface area contributed by atoms with Gasteiger partial charge in [0.15, 0.2) is 0 Å². The summed E-state index contributed by atoms with van der Waals surface area (Å²) in [7, 11) is 0. The fraction of sp³-hybridized carbons (Fsp3) is 0.308. The molecule has 0 unspecified atom stereocenters. The third-order valence-corrected chi connectivity index (χ3v) is 3.58. The van der Waals surface area contributed by atoms with Crippen molar-refractivity contribution in [3.63, 3.8) is 0 Å². The maximum Gasteiger partial charge on any atom is 0.107 e. The molecule has 0 radical (unpaired) electrons. The Balaban J connectivity index is 2.10. The lowest BCUT2D eigenvalue weighted by Crippen LogP contribution is -2.13. The van der Waals surface area contributed by atoms with E-state index in [1.807, 2.05) is 24.3 Å². The predicted molar refractivity (Wildman–Crippen MR) is 74.6 cm³/mol. The lowest BCUT2D eigenvalue weighted by atomic mass is 10.2. The molecule has 0 aliphatic heterocycles. The summed E-state index contributed by atoms with van der Waals surface area (Å²) in [5, 5.41) is 7.27. The van der Waals surface area contributed by atoms with E-state index in [9.17, 15) is 0 Å². The second-order valence-corrected chi connectivity index (χ2v) is 5.13. The lowest BCUT2D eigenvalue weighted by molar-refractivity contribution is 0.673. The van der Waals surface area contributed by atoms with Crippen LogP contribution in [-0.4, -0.2) is 11.5 Å². The first-order valence-electron chi connectivity index (χ1n) is 5.71. The van der Waals surface area contributed by atoms with Gasteiger partial charge in [-0.1, -0.05) is 36.7 Å². The maximum atomic E-state index is 6.14. The average molecular weight is 267 g/mol. The van der Waals surface area contributed by atoms with Gasteiger partial charge in [-0.25, -0.2) is 4.98 Å². The minimum Gasteiger partial charge on any atom is -0.310 e. The first-order valence-corrected chi connectivity index (χ1v) is 6.97. The van der Waals surface area contributed by atoms with Crippen molar-refractivity contribution in [2.45, 2.75) is 19.9 Å². The lowest BCUT2D eigenvalue weighted by Gasteiger charge is -2.00. The number of nitrogens with one attached hydrogen (secondary N) is 1. The van der Waals surface area contributed by atoms with Gasteiger partial charge in [0, 0.05) is 22.5 Å². The van der Waals surface area contributed by atoms with E-state index in [-0.39, 0.29) is 0 Å². The van der Waals surface area contributed by atoms with Crippen molar-refractivity contribution in [2.24, 2.45) is 0 Å². The van der Waals surface area contributed by atoms with Crippen LogP contribution in [0.25, 0.3) is 11.3 Å². The Bertz CT molecular complexity index is 482. The standard InChI is InChI=1S/C13H15ClN2S/c1-2-7-15-8-13-16-12(9-17-13)10-5-3-4-6-11(10)14/h3-6,9,15H,2,7-8H2,1H3. The van der Waals surface area contributed by atoms with Gasteiger partial charge in [-0.15, -0.1) is 11.3 Å². The third kappa shape index (κ3) is 3.28. The summed E-state index contributed by atoms with van der Waals surface area (Å²) in [6.45, 7) is 4.02. The third-order valence-electron chi connectivity index (χ3n) is 2.40. The van der Waals surface area contributed by atoms with Gasteiger partial charge < -0.3 is 5.32 Å². The molecule has 0 fully saturated rings. The van der Waals surface area contributed by atoms with Crippen molar-refractivity contribution in [3.05, 3.63) is 39.7 Å². The van der Waals surface area contributed by atoms with E-state index < -0.39 is 0 Å². The van der Waals surface area contributed by atoms with Gasteiger partial charge in [-0.05, 0) is 19.0 Å². The number of aromatic nitrogens is 1. The topological polar surface area (TPSA) is 24.9 Å². The number of hydrogen-bond donors (Lipinski definition) is 1. The molecule has 1 aromatic carbocycles. The summed E-state index contributed by atoms with van der Waals surface area (Å²) in [6.07, 6.45) is 1.14. The highest BCUT2D eigenvalue weighted by Gasteiger charge is 2.07. The van der Waals surface area contributed by atoms with Crippen LogP contribution in [0.4, 0.5) is 0 Å². The summed E-state index contributed by atoms with van der Waals surface area (Å²) in [5.41, 5.74) is 1.97. The molecular formula is C13H15ClN2S. The zero-order valence-corrected chi connectivity index (χ0v) is 11.3. The zero-order valence-electron chi connectivity index (χ0n) is 9.74. The van der Waals surface area contributed by atoms with Gasteiger partial charge in [0.25, 0.3) is 0 Å². The molecule has 0 aliphatic carbocycles. The summed E-state index contributed by atoms with van der Waals surface area (Å²) in [4.78, 5) is 4.58. The molecule has 0 bridgehead atoms. The molecule has 0 atom stereocenters. The molecule has 2 rings (SSSR count). The van der Waals surface area contributed by atoms with E-state index in [1.54, 1.807) is 11.3 Å². The normalized spacial score (nSPS) is 10.7. The van der Waals surface area contributed by atoms with E-state index >= 15 is 0 Å². The highest BCUT2D eigenvalue weighted by Crippen LogP contribution is 2.28. The van der Waals surface area contributed by atoms with Crippen LogP contribution in [0, 0.1) is 0 Å². The molecule has 0 saturated heterocycles. The Morgan fingerprint density at radius 2 is 2.18 bits per heavy atom. The molecule has 1 heterocycles. The minimum absolute atomic E-state index is 0.755. The molecule has 1 N–H and O–H groups in total. The van der Waals surface area contributed by atoms with Crippen LogP contribution >= 0.6 is 22.9 Å². The molecule has 1 aromatic heterocycles. The molecular weight excluding hydrogens is 252 g/mol. The van der Waals surface area contributed by atoms with Crippen LogP contribution in [0.15, 0.2) is 29.6 Å². The van der Waals surface area contributed by atoms with Crippen molar-refractivity contribution in [2.75, 3.05) is 6.54 Å². The molecule has 17 heavy (non-hydrogen) atoms. The summed E-state index contributed by atoms with van der Waals surface area (Å²) < 4.78 is 0. The van der Waals surface area contributed by atoms with Crippen molar-refractivity contribution < 1.29 is 0 Å². The van der Waals surface area contributed by atoms with Gasteiger partial charge in [0.2, 0.25) is 0 Å². The van der Waals surface area contributed by atoms with Crippen molar-refractivity contribution in [1.29, 1.82) is 0 Å². The molecule has 0 aliphatic rings. The van der Waals surface area contributed by atoms with Crippen LogP contribution in [0.3, 0.4) is 0 Å². The maximum absolute atomic E-state index is 6.14. The molecule has 2 aromatic rings. The van der Waals surface area contributed by atoms with E-state index in [1.165, 1.54) is 0 Å². The fourth-order valence-electron chi connectivity index (χ4n) is 1.56. The molecule has 4 heteroatoms. The first-order chi connectivity index (χ1) is 8.31. The number of rotatable bonds is 5. The number of thiazole rings is 1. The molecule has 0 amide bonds. The number of benzene rings is 1. The smallest absolute Gasteiger partial charge is 0.107 e. The summed E-state index contributed by atoms with van der Waals surface area (Å²) >= 11 is 7.82. The van der Waals surface area contributed by atoms with Gasteiger partial charge in [0.1, 0.15) is 5.01 Å². The predicted octanol–water partition coefficient (Wildman–Crippen LogP) is 3.96. The van der Waals surface area contributed by atoms with Crippen LogP contribution in [-0.2, 0) is 6.54 Å². The van der Waals surface area contributed by atoms with Gasteiger partial charge in [-0.2, -0.15) is 0 Å².